The summed E-state index contributed by atoms with van der Waals surface area (Å²) in [6.07, 6.45) is 4.24. The topological polar surface area (TPSA) is 104 Å². The van der Waals surface area contributed by atoms with Crippen molar-refractivity contribution in [3.05, 3.63) is 28.6 Å². The van der Waals surface area contributed by atoms with Crippen LogP contribution in [0.5, 0.6) is 11.5 Å². The highest BCUT2D eigenvalue weighted by Gasteiger charge is 2.22. The van der Waals surface area contributed by atoms with Crippen LogP contribution in [0.1, 0.15) is 25.7 Å². The van der Waals surface area contributed by atoms with E-state index in [1.807, 2.05) is 0 Å². The van der Waals surface area contributed by atoms with E-state index in [-0.39, 0.29) is 12.6 Å². The number of amides is 1. The van der Waals surface area contributed by atoms with Crippen LogP contribution in [0.4, 0.5) is 5.69 Å². The van der Waals surface area contributed by atoms with Crippen LogP contribution in [0.2, 0.25) is 0 Å². The van der Waals surface area contributed by atoms with Gasteiger partial charge in [-0.05, 0) is 37.8 Å². The smallest absolute Gasteiger partial charge is 0.338 e. The lowest BCUT2D eigenvalue weighted by atomic mass is 10.1. The van der Waals surface area contributed by atoms with E-state index in [9.17, 15) is 9.59 Å². The minimum absolute atomic E-state index is 0.0800. The highest BCUT2D eigenvalue weighted by molar-refractivity contribution is 5.96. The molecule has 1 aromatic carbocycles. The Balaban J connectivity index is 2.09. The van der Waals surface area contributed by atoms with Crippen LogP contribution in [0.15, 0.2) is 27.4 Å². The van der Waals surface area contributed by atoms with Gasteiger partial charge in [-0.25, -0.2) is 4.79 Å². The monoisotopic (exact) mass is 332 g/mol. The van der Waals surface area contributed by atoms with Gasteiger partial charge >= 0.3 is 5.63 Å². The third-order valence-electron chi connectivity index (χ3n) is 4.09. The fraction of sp³-hybridized carbons (Fsp3) is 0.412. The lowest BCUT2D eigenvalue weighted by Gasteiger charge is -2.17. The molecule has 0 aliphatic heterocycles. The number of carbonyl (C=O) groups excluding carboxylic acids is 1. The molecule has 0 bridgehead atoms. The molecular formula is C17H20N2O5. The quantitative estimate of drug-likeness (QED) is 0.784. The van der Waals surface area contributed by atoms with Crippen molar-refractivity contribution < 1.29 is 18.7 Å². The van der Waals surface area contributed by atoms with Gasteiger partial charge in [0.2, 0.25) is 11.7 Å². The summed E-state index contributed by atoms with van der Waals surface area (Å²) in [7, 11) is 1.54. The van der Waals surface area contributed by atoms with Crippen LogP contribution < -0.4 is 26.1 Å². The number of rotatable bonds is 6. The van der Waals surface area contributed by atoms with Crippen LogP contribution in [0.25, 0.3) is 11.0 Å². The summed E-state index contributed by atoms with van der Waals surface area (Å²) in [5, 5.41) is 3.48. The summed E-state index contributed by atoms with van der Waals surface area (Å²) in [5.74, 6) is 0.402. The lowest BCUT2D eigenvalue weighted by molar-refractivity contribution is -0.116. The Hall–Kier alpha value is -2.70. The molecule has 1 amide bonds. The highest BCUT2D eigenvalue weighted by atomic mass is 16.5. The Kier molecular flexibility index (Phi) is 4.59. The summed E-state index contributed by atoms with van der Waals surface area (Å²) >= 11 is 0. The summed E-state index contributed by atoms with van der Waals surface area (Å²) in [6.45, 7) is -0.0800. The molecule has 0 saturated heterocycles. The van der Waals surface area contributed by atoms with E-state index < -0.39 is 11.5 Å². The Morgan fingerprint density at radius 2 is 2.12 bits per heavy atom. The van der Waals surface area contributed by atoms with E-state index in [2.05, 4.69) is 5.32 Å². The number of nitrogens with two attached hydrogens (primary N) is 1. The molecule has 7 heteroatoms. The van der Waals surface area contributed by atoms with Crippen LogP contribution >= 0.6 is 0 Å². The SMILES string of the molecule is COc1ccc2c(NCC(N)=O)cc(=O)oc2c1OC1CCCC1. The van der Waals surface area contributed by atoms with Gasteiger partial charge in [-0.15, -0.1) is 0 Å². The van der Waals surface area contributed by atoms with Crippen LogP contribution in [0.3, 0.4) is 0 Å². The van der Waals surface area contributed by atoms with Gasteiger partial charge in [0, 0.05) is 11.5 Å². The van der Waals surface area contributed by atoms with E-state index >= 15 is 0 Å². The van der Waals surface area contributed by atoms with Crippen molar-refractivity contribution in [2.45, 2.75) is 31.8 Å². The van der Waals surface area contributed by atoms with E-state index in [0.29, 0.717) is 28.2 Å². The first kappa shape index (κ1) is 16.2. The van der Waals surface area contributed by atoms with Crippen LogP contribution in [-0.2, 0) is 4.79 Å². The minimum Gasteiger partial charge on any atom is -0.493 e. The van der Waals surface area contributed by atoms with E-state index in [1.165, 1.54) is 13.2 Å². The zero-order valence-corrected chi connectivity index (χ0v) is 13.5. The molecule has 0 unspecified atom stereocenters. The number of hydrogen-bond donors (Lipinski definition) is 2. The van der Waals surface area contributed by atoms with Crippen molar-refractivity contribution in [1.82, 2.24) is 0 Å². The van der Waals surface area contributed by atoms with Crippen molar-refractivity contribution in [3.8, 4) is 11.5 Å². The van der Waals surface area contributed by atoms with Gasteiger partial charge in [0.05, 0.1) is 25.4 Å². The maximum atomic E-state index is 11.9. The Morgan fingerprint density at radius 1 is 1.38 bits per heavy atom. The van der Waals surface area contributed by atoms with Crippen molar-refractivity contribution in [3.63, 3.8) is 0 Å². The second-order valence-electron chi connectivity index (χ2n) is 5.80. The van der Waals surface area contributed by atoms with Crippen LogP contribution in [0, 0.1) is 0 Å². The standard InChI is InChI=1S/C17H20N2O5/c1-22-13-7-6-11-12(19-9-14(18)20)8-15(21)24-16(11)17(13)23-10-4-2-3-5-10/h6-8,10,19H,2-5,9H2,1H3,(H2,18,20). The first-order valence-corrected chi connectivity index (χ1v) is 7.92. The normalized spacial score (nSPS) is 14.7. The van der Waals surface area contributed by atoms with Gasteiger partial charge in [-0.1, -0.05) is 0 Å². The molecule has 1 aromatic heterocycles. The molecule has 3 rings (SSSR count). The summed E-state index contributed by atoms with van der Waals surface area (Å²) in [4.78, 5) is 22.9. The largest absolute Gasteiger partial charge is 0.493 e. The first-order valence-electron chi connectivity index (χ1n) is 7.92. The summed E-state index contributed by atoms with van der Waals surface area (Å²) in [5.41, 5.74) is 5.39. The highest BCUT2D eigenvalue weighted by Crippen LogP contribution is 2.39. The fourth-order valence-electron chi connectivity index (χ4n) is 2.96. The van der Waals surface area contributed by atoms with Gasteiger partial charge in [0.1, 0.15) is 0 Å². The van der Waals surface area contributed by atoms with Crippen molar-refractivity contribution in [2.75, 3.05) is 19.0 Å². The number of nitrogens with one attached hydrogen (secondary N) is 1. The second kappa shape index (κ2) is 6.82. The molecular weight excluding hydrogens is 312 g/mol. The maximum absolute atomic E-state index is 11.9. The van der Waals surface area contributed by atoms with Gasteiger partial charge in [0.15, 0.2) is 11.3 Å². The number of benzene rings is 1. The zero-order chi connectivity index (χ0) is 17.1. The number of ether oxygens (including phenoxy) is 2. The molecule has 1 aliphatic carbocycles. The van der Waals surface area contributed by atoms with E-state index in [1.54, 1.807) is 12.1 Å². The first-order chi connectivity index (χ1) is 11.6. The molecule has 1 aliphatic rings. The minimum atomic E-state index is -0.543. The third kappa shape index (κ3) is 3.29. The third-order valence-corrected chi connectivity index (χ3v) is 4.09. The maximum Gasteiger partial charge on any atom is 0.338 e. The number of carbonyl (C=O) groups is 1. The molecule has 1 fully saturated rings. The zero-order valence-electron chi connectivity index (χ0n) is 13.5. The van der Waals surface area contributed by atoms with Crippen molar-refractivity contribution in [1.29, 1.82) is 0 Å². The van der Waals surface area contributed by atoms with Gasteiger partial charge < -0.3 is 24.9 Å². The summed E-state index contributed by atoms with van der Waals surface area (Å²) < 4.78 is 16.8. The number of primary amides is 1. The Bertz CT molecular complexity index is 808. The molecule has 1 heterocycles. The number of anilines is 1. The number of hydrogen-bond acceptors (Lipinski definition) is 6. The molecule has 0 spiro atoms. The molecule has 1 saturated carbocycles. The molecule has 0 atom stereocenters. The molecule has 7 nitrogen and oxygen atoms in total. The van der Waals surface area contributed by atoms with Gasteiger partial charge in [0.25, 0.3) is 0 Å². The molecule has 2 aromatic rings. The Labute approximate surface area is 138 Å². The average Bonchev–Trinajstić information content (AvgIpc) is 3.06. The molecule has 24 heavy (non-hydrogen) atoms. The molecule has 3 N–H and O–H groups in total. The fourth-order valence-corrected chi connectivity index (χ4v) is 2.96. The summed E-state index contributed by atoms with van der Waals surface area (Å²) in [6, 6.07) is 4.79. The predicted octanol–water partition coefficient (Wildman–Crippen LogP) is 2.02. The molecule has 128 valence electrons. The predicted molar refractivity (Wildman–Crippen MR) is 89.6 cm³/mol. The Morgan fingerprint density at radius 3 is 2.79 bits per heavy atom. The van der Waals surface area contributed by atoms with Crippen molar-refractivity contribution >= 4 is 22.6 Å². The second-order valence-corrected chi connectivity index (χ2v) is 5.80. The van der Waals surface area contributed by atoms with Gasteiger partial charge in [-0.2, -0.15) is 0 Å². The number of fused-ring (bicyclic) bond motifs is 1. The van der Waals surface area contributed by atoms with Crippen molar-refractivity contribution in [2.24, 2.45) is 5.73 Å². The molecule has 0 radical (unpaired) electrons. The van der Waals surface area contributed by atoms with E-state index in [0.717, 1.165) is 25.7 Å². The van der Waals surface area contributed by atoms with E-state index in [4.69, 9.17) is 19.6 Å². The average molecular weight is 332 g/mol. The van der Waals surface area contributed by atoms with Gasteiger partial charge in [-0.3, -0.25) is 4.79 Å². The number of methoxy groups -OCH3 is 1. The van der Waals surface area contributed by atoms with Crippen LogP contribution in [-0.4, -0.2) is 25.7 Å². The lowest BCUT2D eigenvalue weighted by Crippen LogP contribution is -2.22.